The molecule has 2 aromatic rings. The van der Waals surface area contributed by atoms with Gasteiger partial charge in [0.05, 0.1) is 6.04 Å². The number of carbonyl (C=O) groups excluding carboxylic acids is 1. The van der Waals surface area contributed by atoms with E-state index >= 15 is 0 Å². The van der Waals surface area contributed by atoms with E-state index in [9.17, 15) is 4.79 Å². The highest BCUT2D eigenvalue weighted by Gasteiger charge is 2.11. The van der Waals surface area contributed by atoms with Crippen LogP contribution in [0.15, 0.2) is 48.8 Å². The molecule has 20 heavy (non-hydrogen) atoms. The van der Waals surface area contributed by atoms with E-state index in [1.165, 1.54) is 0 Å². The van der Waals surface area contributed by atoms with Crippen molar-refractivity contribution in [3.8, 4) is 0 Å². The smallest absolute Gasteiger partial charge is 0.251 e. The van der Waals surface area contributed by atoms with Crippen molar-refractivity contribution in [1.82, 2.24) is 10.3 Å². The van der Waals surface area contributed by atoms with Crippen molar-refractivity contribution in [2.24, 2.45) is 0 Å². The molecule has 1 aromatic heterocycles. The van der Waals surface area contributed by atoms with E-state index in [2.05, 4.69) is 10.3 Å². The number of hydrogen-bond acceptors (Lipinski definition) is 3. The van der Waals surface area contributed by atoms with Crippen LogP contribution >= 0.6 is 0 Å². The van der Waals surface area contributed by atoms with Crippen LogP contribution in [0.2, 0.25) is 0 Å². The summed E-state index contributed by atoms with van der Waals surface area (Å²) in [5, 5.41) is 2.99. The molecule has 1 aromatic carbocycles. The van der Waals surface area contributed by atoms with Gasteiger partial charge in [0, 0.05) is 37.7 Å². The Labute approximate surface area is 119 Å². The first-order valence-corrected chi connectivity index (χ1v) is 6.56. The zero-order valence-corrected chi connectivity index (χ0v) is 12.0. The van der Waals surface area contributed by atoms with E-state index in [1.54, 1.807) is 12.4 Å². The predicted octanol–water partition coefficient (Wildman–Crippen LogP) is 2.64. The monoisotopic (exact) mass is 269 g/mol. The molecule has 0 saturated heterocycles. The Hall–Kier alpha value is -2.36. The average molecular weight is 269 g/mol. The summed E-state index contributed by atoms with van der Waals surface area (Å²) >= 11 is 0. The van der Waals surface area contributed by atoms with Crippen molar-refractivity contribution in [3.05, 3.63) is 59.9 Å². The Morgan fingerprint density at radius 2 is 1.90 bits per heavy atom. The van der Waals surface area contributed by atoms with Gasteiger partial charge in [-0.15, -0.1) is 0 Å². The van der Waals surface area contributed by atoms with Crippen molar-refractivity contribution >= 4 is 11.6 Å². The first-order valence-electron chi connectivity index (χ1n) is 6.56. The summed E-state index contributed by atoms with van der Waals surface area (Å²) in [5.74, 6) is -0.0713. The second kappa shape index (κ2) is 6.19. The van der Waals surface area contributed by atoms with Crippen LogP contribution in [-0.4, -0.2) is 25.0 Å². The quantitative estimate of drug-likeness (QED) is 0.928. The maximum absolute atomic E-state index is 12.3. The Morgan fingerprint density at radius 1 is 1.20 bits per heavy atom. The van der Waals surface area contributed by atoms with Crippen LogP contribution in [0.25, 0.3) is 0 Å². The van der Waals surface area contributed by atoms with E-state index < -0.39 is 0 Å². The van der Waals surface area contributed by atoms with Gasteiger partial charge in [-0.05, 0) is 42.8 Å². The Morgan fingerprint density at radius 3 is 2.55 bits per heavy atom. The number of nitrogens with zero attached hydrogens (tertiary/aromatic N) is 2. The number of nitrogens with one attached hydrogen (secondary N) is 1. The maximum Gasteiger partial charge on any atom is 0.251 e. The van der Waals surface area contributed by atoms with Crippen LogP contribution in [0.4, 0.5) is 5.69 Å². The van der Waals surface area contributed by atoms with E-state index in [-0.39, 0.29) is 11.9 Å². The largest absolute Gasteiger partial charge is 0.378 e. The number of amides is 1. The fraction of sp³-hybridized carbons (Fsp3) is 0.250. The Bertz CT molecular complexity index is 581. The molecule has 0 spiro atoms. The first kappa shape index (κ1) is 14.1. The molecule has 0 saturated carbocycles. The first-order chi connectivity index (χ1) is 9.58. The number of rotatable bonds is 4. The third kappa shape index (κ3) is 3.35. The van der Waals surface area contributed by atoms with Gasteiger partial charge in [0.1, 0.15) is 0 Å². The molecule has 0 bridgehead atoms. The van der Waals surface area contributed by atoms with Crippen LogP contribution < -0.4 is 10.2 Å². The van der Waals surface area contributed by atoms with Gasteiger partial charge >= 0.3 is 0 Å². The third-order valence-electron chi connectivity index (χ3n) is 3.18. The van der Waals surface area contributed by atoms with Crippen LogP contribution in [0.3, 0.4) is 0 Å². The lowest BCUT2D eigenvalue weighted by molar-refractivity contribution is 0.0940. The lowest BCUT2D eigenvalue weighted by atomic mass is 10.1. The summed E-state index contributed by atoms with van der Waals surface area (Å²) in [6.07, 6.45) is 3.45. The Kier molecular flexibility index (Phi) is 4.35. The lowest BCUT2D eigenvalue weighted by Crippen LogP contribution is -2.26. The van der Waals surface area contributed by atoms with Crippen molar-refractivity contribution < 1.29 is 4.79 Å². The van der Waals surface area contributed by atoms with Crippen LogP contribution in [0.5, 0.6) is 0 Å². The van der Waals surface area contributed by atoms with Crippen molar-refractivity contribution in [2.45, 2.75) is 13.0 Å². The molecule has 1 amide bonds. The molecule has 1 unspecified atom stereocenters. The second-order valence-electron chi connectivity index (χ2n) is 4.92. The minimum absolute atomic E-state index is 0.0477. The summed E-state index contributed by atoms with van der Waals surface area (Å²) < 4.78 is 0. The SMILES string of the molecule is CC(NC(=O)c1cccc(N(C)C)c1)c1ccncc1. The maximum atomic E-state index is 12.3. The highest BCUT2D eigenvalue weighted by atomic mass is 16.1. The molecule has 2 rings (SSSR count). The van der Waals surface area contributed by atoms with E-state index in [0.29, 0.717) is 5.56 Å². The molecule has 1 N–H and O–H groups in total. The highest BCUT2D eigenvalue weighted by Crippen LogP contribution is 2.15. The fourth-order valence-electron chi connectivity index (χ4n) is 1.94. The van der Waals surface area contributed by atoms with Crippen molar-refractivity contribution in [3.63, 3.8) is 0 Å². The highest BCUT2D eigenvalue weighted by molar-refractivity contribution is 5.95. The summed E-state index contributed by atoms with van der Waals surface area (Å²) in [7, 11) is 3.91. The van der Waals surface area contributed by atoms with E-state index in [4.69, 9.17) is 0 Å². The number of pyridine rings is 1. The molecule has 1 heterocycles. The average Bonchev–Trinajstić information content (AvgIpc) is 2.48. The minimum Gasteiger partial charge on any atom is -0.378 e. The van der Waals surface area contributed by atoms with Crippen LogP contribution in [0, 0.1) is 0 Å². The topological polar surface area (TPSA) is 45.2 Å². The molecule has 0 aliphatic heterocycles. The van der Waals surface area contributed by atoms with Crippen molar-refractivity contribution in [2.75, 3.05) is 19.0 Å². The van der Waals surface area contributed by atoms with Crippen molar-refractivity contribution in [1.29, 1.82) is 0 Å². The Balaban J connectivity index is 2.10. The second-order valence-corrected chi connectivity index (χ2v) is 4.92. The van der Waals surface area contributed by atoms with Gasteiger partial charge in [0.2, 0.25) is 0 Å². The summed E-state index contributed by atoms with van der Waals surface area (Å²) in [5.41, 5.74) is 2.71. The fourth-order valence-corrected chi connectivity index (χ4v) is 1.94. The molecule has 0 fully saturated rings. The molecule has 104 valence electrons. The lowest BCUT2D eigenvalue weighted by Gasteiger charge is -2.16. The summed E-state index contributed by atoms with van der Waals surface area (Å²) in [6.45, 7) is 1.96. The number of benzene rings is 1. The summed E-state index contributed by atoms with van der Waals surface area (Å²) in [4.78, 5) is 18.2. The van der Waals surface area contributed by atoms with Gasteiger partial charge in [-0.25, -0.2) is 0 Å². The molecular weight excluding hydrogens is 250 g/mol. The zero-order valence-electron chi connectivity index (χ0n) is 12.0. The van der Waals surface area contributed by atoms with Crippen LogP contribution in [0.1, 0.15) is 28.9 Å². The minimum atomic E-state index is -0.0713. The molecule has 0 radical (unpaired) electrons. The number of anilines is 1. The van der Waals surface area contributed by atoms with Gasteiger partial charge in [-0.3, -0.25) is 9.78 Å². The molecule has 4 nitrogen and oxygen atoms in total. The molecule has 1 atom stereocenters. The third-order valence-corrected chi connectivity index (χ3v) is 3.18. The van der Waals surface area contributed by atoms with E-state index in [1.807, 2.05) is 62.3 Å². The number of hydrogen-bond donors (Lipinski definition) is 1. The van der Waals surface area contributed by atoms with Gasteiger partial charge in [-0.1, -0.05) is 6.07 Å². The molecule has 4 heteroatoms. The summed E-state index contributed by atoms with van der Waals surface area (Å²) in [6, 6.07) is 11.3. The zero-order chi connectivity index (χ0) is 14.5. The van der Waals surface area contributed by atoms with Gasteiger partial charge in [-0.2, -0.15) is 0 Å². The molecule has 0 aliphatic rings. The predicted molar refractivity (Wildman–Crippen MR) is 80.9 cm³/mol. The van der Waals surface area contributed by atoms with E-state index in [0.717, 1.165) is 11.3 Å². The molecule has 0 aliphatic carbocycles. The number of carbonyl (C=O) groups is 1. The van der Waals surface area contributed by atoms with Gasteiger partial charge in [0.25, 0.3) is 5.91 Å². The van der Waals surface area contributed by atoms with Gasteiger partial charge in [0.15, 0.2) is 0 Å². The number of aromatic nitrogens is 1. The standard InChI is InChI=1S/C16H19N3O/c1-12(13-7-9-17-10-8-13)18-16(20)14-5-4-6-15(11-14)19(2)3/h4-12H,1-3H3,(H,18,20). The normalized spacial score (nSPS) is 11.8. The van der Waals surface area contributed by atoms with Gasteiger partial charge < -0.3 is 10.2 Å². The molecular formula is C16H19N3O. The van der Waals surface area contributed by atoms with Crippen LogP contribution in [-0.2, 0) is 0 Å².